The molecule has 1 N–H and O–H groups in total. The van der Waals surface area contributed by atoms with E-state index in [4.69, 9.17) is 4.74 Å². The Bertz CT molecular complexity index is 1010. The highest BCUT2D eigenvalue weighted by Crippen LogP contribution is 2.25. The minimum Gasteiger partial charge on any atom is -0.495 e. The lowest BCUT2D eigenvalue weighted by atomic mass is 10.1. The van der Waals surface area contributed by atoms with Gasteiger partial charge in [-0.05, 0) is 43.7 Å². The molecule has 0 unspecified atom stereocenters. The first-order chi connectivity index (χ1) is 12.0. The minimum atomic E-state index is -0.186. The number of carbonyl (C=O) groups is 1. The van der Waals surface area contributed by atoms with Crippen molar-refractivity contribution in [2.75, 3.05) is 12.4 Å². The van der Waals surface area contributed by atoms with Crippen molar-refractivity contribution in [1.82, 2.24) is 4.57 Å². The third-order valence-corrected chi connectivity index (χ3v) is 4.08. The monoisotopic (exact) mass is 336 g/mol. The molecule has 0 bridgehead atoms. The van der Waals surface area contributed by atoms with E-state index in [0.717, 1.165) is 16.6 Å². The lowest BCUT2D eigenvalue weighted by Gasteiger charge is -2.13. The first-order valence-corrected chi connectivity index (χ1v) is 8.02. The Morgan fingerprint density at radius 2 is 1.80 bits per heavy atom. The highest BCUT2D eigenvalue weighted by atomic mass is 16.5. The summed E-state index contributed by atoms with van der Waals surface area (Å²) >= 11 is 0. The van der Waals surface area contributed by atoms with Crippen LogP contribution >= 0.6 is 0 Å². The molecule has 0 aliphatic heterocycles. The average Bonchev–Trinajstić information content (AvgIpc) is 2.58. The molecule has 1 heterocycles. The average molecular weight is 336 g/mol. The van der Waals surface area contributed by atoms with E-state index in [2.05, 4.69) is 5.32 Å². The van der Waals surface area contributed by atoms with Crippen molar-refractivity contribution in [1.29, 1.82) is 0 Å². The van der Waals surface area contributed by atoms with Crippen LogP contribution in [-0.4, -0.2) is 17.6 Å². The smallest absolute Gasteiger partial charge is 0.244 e. The summed E-state index contributed by atoms with van der Waals surface area (Å²) in [6.07, 6.45) is 1.65. The van der Waals surface area contributed by atoms with Crippen molar-refractivity contribution >= 4 is 22.5 Å². The lowest BCUT2D eigenvalue weighted by molar-refractivity contribution is -0.116. The van der Waals surface area contributed by atoms with E-state index in [0.29, 0.717) is 16.8 Å². The van der Waals surface area contributed by atoms with E-state index in [9.17, 15) is 9.59 Å². The summed E-state index contributed by atoms with van der Waals surface area (Å²) in [4.78, 5) is 24.5. The maximum Gasteiger partial charge on any atom is 0.244 e. The summed E-state index contributed by atoms with van der Waals surface area (Å²) in [5, 5.41) is 3.49. The predicted octanol–water partition coefficient (Wildman–Crippen LogP) is 3.27. The Labute approximate surface area is 145 Å². The number of hydrogen-bond acceptors (Lipinski definition) is 3. The zero-order chi connectivity index (χ0) is 18.0. The SMILES string of the molecule is COc1ccc(C)cc1NC(=O)Cn1ccc(=O)c2cc(C)ccc21. The van der Waals surface area contributed by atoms with Crippen LogP contribution in [0.3, 0.4) is 0 Å². The summed E-state index contributed by atoms with van der Waals surface area (Å²) in [5.41, 5.74) is 3.37. The molecular formula is C20H20N2O3. The number of nitrogens with zero attached hydrogens (tertiary/aromatic N) is 1. The van der Waals surface area contributed by atoms with Gasteiger partial charge in [0.2, 0.25) is 5.91 Å². The van der Waals surface area contributed by atoms with E-state index in [1.54, 1.807) is 17.9 Å². The number of benzene rings is 2. The summed E-state index contributed by atoms with van der Waals surface area (Å²) in [6.45, 7) is 4.00. The molecule has 2 aromatic carbocycles. The molecule has 0 atom stereocenters. The normalized spacial score (nSPS) is 10.7. The lowest BCUT2D eigenvalue weighted by Crippen LogP contribution is -2.20. The Morgan fingerprint density at radius 1 is 1.08 bits per heavy atom. The van der Waals surface area contributed by atoms with Crippen molar-refractivity contribution < 1.29 is 9.53 Å². The van der Waals surface area contributed by atoms with E-state index < -0.39 is 0 Å². The van der Waals surface area contributed by atoms with Gasteiger partial charge < -0.3 is 14.6 Å². The summed E-state index contributed by atoms with van der Waals surface area (Å²) < 4.78 is 7.06. The zero-order valence-corrected chi connectivity index (χ0v) is 14.5. The van der Waals surface area contributed by atoms with Crippen LogP contribution in [0.2, 0.25) is 0 Å². The van der Waals surface area contributed by atoms with Crippen molar-refractivity contribution in [2.24, 2.45) is 0 Å². The van der Waals surface area contributed by atoms with Crippen LogP contribution in [0.4, 0.5) is 5.69 Å². The van der Waals surface area contributed by atoms with Gasteiger partial charge in [0.1, 0.15) is 12.3 Å². The predicted molar refractivity (Wildman–Crippen MR) is 99.3 cm³/mol. The molecule has 0 aliphatic rings. The van der Waals surface area contributed by atoms with Gasteiger partial charge in [-0.1, -0.05) is 17.7 Å². The van der Waals surface area contributed by atoms with Gasteiger partial charge in [-0.25, -0.2) is 0 Å². The highest BCUT2D eigenvalue weighted by Gasteiger charge is 2.10. The minimum absolute atomic E-state index is 0.0456. The molecule has 0 saturated carbocycles. The van der Waals surface area contributed by atoms with E-state index >= 15 is 0 Å². The van der Waals surface area contributed by atoms with E-state index in [1.807, 2.05) is 50.2 Å². The Kier molecular flexibility index (Phi) is 4.57. The molecule has 0 saturated heterocycles. The number of anilines is 1. The number of hydrogen-bond donors (Lipinski definition) is 1. The van der Waals surface area contributed by atoms with Gasteiger partial charge in [-0.3, -0.25) is 9.59 Å². The van der Waals surface area contributed by atoms with Crippen molar-refractivity contribution in [3.8, 4) is 5.75 Å². The van der Waals surface area contributed by atoms with E-state index in [1.165, 1.54) is 6.07 Å². The molecule has 0 spiro atoms. The second-order valence-electron chi connectivity index (χ2n) is 6.08. The van der Waals surface area contributed by atoms with Crippen molar-refractivity contribution in [2.45, 2.75) is 20.4 Å². The van der Waals surface area contributed by atoms with Gasteiger partial charge in [0.15, 0.2) is 5.43 Å². The summed E-state index contributed by atoms with van der Waals surface area (Å²) in [7, 11) is 1.57. The number of fused-ring (bicyclic) bond motifs is 1. The molecule has 5 heteroatoms. The number of aryl methyl sites for hydroxylation is 2. The van der Waals surface area contributed by atoms with Crippen LogP contribution in [0, 0.1) is 13.8 Å². The van der Waals surface area contributed by atoms with Crippen LogP contribution < -0.4 is 15.5 Å². The van der Waals surface area contributed by atoms with Crippen molar-refractivity contribution in [3.05, 3.63) is 70.0 Å². The fourth-order valence-corrected chi connectivity index (χ4v) is 2.83. The van der Waals surface area contributed by atoms with Crippen LogP contribution in [0.25, 0.3) is 10.9 Å². The molecule has 3 rings (SSSR count). The number of methoxy groups -OCH3 is 1. The Hall–Kier alpha value is -3.08. The number of nitrogens with one attached hydrogen (secondary N) is 1. The van der Waals surface area contributed by atoms with Crippen LogP contribution in [0.1, 0.15) is 11.1 Å². The number of rotatable bonds is 4. The molecule has 5 nitrogen and oxygen atoms in total. The molecule has 128 valence electrons. The Balaban J connectivity index is 1.89. The molecular weight excluding hydrogens is 316 g/mol. The first kappa shape index (κ1) is 16.8. The van der Waals surface area contributed by atoms with Gasteiger partial charge in [0.25, 0.3) is 0 Å². The molecule has 0 radical (unpaired) electrons. The summed E-state index contributed by atoms with van der Waals surface area (Å²) in [5.74, 6) is 0.425. The Morgan fingerprint density at radius 3 is 2.56 bits per heavy atom. The highest BCUT2D eigenvalue weighted by molar-refractivity contribution is 5.93. The standard InChI is InChI=1S/C20H20N2O3/c1-13-4-6-17-15(10-13)18(23)8-9-22(17)12-20(24)21-16-11-14(2)5-7-19(16)25-3/h4-11H,12H2,1-3H3,(H,21,24). The van der Waals surface area contributed by atoms with Gasteiger partial charge in [-0.2, -0.15) is 0 Å². The van der Waals surface area contributed by atoms with Gasteiger partial charge >= 0.3 is 0 Å². The number of aromatic nitrogens is 1. The van der Waals surface area contributed by atoms with Crippen molar-refractivity contribution in [3.63, 3.8) is 0 Å². The summed E-state index contributed by atoms with van der Waals surface area (Å²) in [6, 6.07) is 12.7. The van der Waals surface area contributed by atoms with Crippen LogP contribution in [0.15, 0.2) is 53.5 Å². The fourth-order valence-electron chi connectivity index (χ4n) is 2.83. The number of pyridine rings is 1. The molecule has 25 heavy (non-hydrogen) atoms. The quantitative estimate of drug-likeness (QED) is 0.795. The topological polar surface area (TPSA) is 60.3 Å². The third-order valence-electron chi connectivity index (χ3n) is 4.08. The number of carbonyl (C=O) groups excluding carboxylic acids is 1. The number of ether oxygens (including phenoxy) is 1. The van der Waals surface area contributed by atoms with E-state index in [-0.39, 0.29) is 17.9 Å². The second-order valence-corrected chi connectivity index (χ2v) is 6.08. The number of amides is 1. The first-order valence-electron chi connectivity index (χ1n) is 8.02. The zero-order valence-electron chi connectivity index (χ0n) is 14.5. The molecule has 1 amide bonds. The van der Waals surface area contributed by atoms with Gasteiger partial charge in [0, 0.05) is 17.6 Å². The molecule has 0 aliphatic carbocycles. The van der Waals surface area contributed by atoms with Gasteiger partial charge in [-0.15, -0.1) is 0 Å². The third kappa shape index (κ3) is 3.55. The molecule has 3 aromatic rings. The van der Waals surface area contributed by atoms with Crippen LogP contribution in [0.5, 0.6) is 5.75 Å². The van der Waals surface area contributed by atoms with Crippen LogP contribution in [-0.2, 0) is 11.3 Å². The fraction of sp³-hybridized carbons (Fsp3) is 0.200. The molecule has 0 fully saturated rings. The van der Waals surface area contributed by atoms with Gasteiger partial charge in [0.05, 0.1) is 18.3 Å². The maximum absolute atomic E-state index is 12.5. The largest absolute Gasteiger partial charge is 0.495 e. The molecule has 1 aromatic heterocycles. The maximum atomic E-state index is 12.5. The second kappa shape index (κ2) is 6.81.